The van der Waals surface area contributed by atoms with Crippen molar-refractivity contribution in [3.8, 4) is 23.3 Å². The Morgan fingerprint density at radius 1 is 1.26 bits per heavy atom. The number of rotatable bonds is 4. The number of benzene rings is 2. The molecule has 0 saturated heterocycles. The van der Waals surface area contributed by atoms with Gasteiger partial charge in [0.05, 0.1) is 22.0 Å². The highest BCUT2D eigenvalue weighted by Crippen LogP contribution is 2.31. The highest BCUT2D eigenvalue weighted by molar-refractivity contribution is 6.31. The molecule has 0 atom stereocenters. The van der Waals surface area contributed by atoms with Gasteiger partial charge in [0.15, 0.2) is 5.75 Å². The van der Waals surface area contributed by atoms with Crippen LogP contribution >= 0.6 is 11.6 Å². The summed E-state index contributed by atoms with van der Waals surface area (Å²) < 4.78 is 7.66. The maximum atomic E-state index is 11.5. The number of ether oxygens (including phenoxy) is 1. The average Bonchev–Trinajstić information content (AvgIpc) is 2.96. The number of carbonyl (C=O) groups is 1. The number of nitriles is 1. The molecule has 0 aliphatic rings. The Labute approximate surface area is 160 Å². The Balaban J connectivity index is 1.91. The van der Waals surface area contributed by atoms with Gasteiger partial charge in [-0.05, 0) is 56.3 Å². The molecule has 0 saturated carbocycles. The molecule has 0 bridgehead atoms. The molecular formula is C19H16ClN5O2. The lowest BCUT2D eigenvalue weighted by Crippen LogP contribution is -2.29. The molecule has 0 aliphatic carbocycles. The summed E-state index contributed by atoms with van der Waals surface area (Å²) in [7, 11) is 0. The third-order valence-corrected chi connectivity index (χ3v) is 4.32. The van der Waals surface area contributed by atoms with Crippen LogP contribution in [-0.2, 0) is 0 Å². The van der Waals surface area contributed by atoms with E-state index in [1.165, 1.54) is 0 Å². The fourth-order valence-electron chi connectivity index (χ4n) is 2.63. The second-order valence-corrected chi connectivity index (χ2v) is 6.19. The quantitative estimate of drug-likeness (QED) is 0.409. The van der Waals surface area contributed by atoms with Crippen molar-refractivity contribution in [1.82, 2.24) is 15.2 Å². The Hall–Kier alpha value is -3.34. The van der Waals surface area contributed by atoms with E-state index in [0.29, 0.717) is 33.3 Å². The molecule has 27 heavy (non-hydrogen) atoms. The van der Waals surface area contributed by atoms with Gasteiger partial charge < -0.3 is 4.74 Å². The first-order chi connectivity index (χ1) is 12.9. The van der Waals surface area contributed by atoms with Gasteiger partial charge in [0, 0.05) is 5.56 Å². The van der Waals surface area contributed by atoms with Gasteiger partial charge in [-0.25, -0.2) is 10.5 Å². The first kappa shape index (κ1) is 18.5. The minimum absolute atomic E-state index is 0.360. The van der Waals surface area contributed by atoms with E-state index >= 15 is 0 Å². The van der Waals surface area contributed by atoms with Crippen molar-refractivity contribution < 1.29 is 9.53 Å². The maximum absolute atomic E-state index is 11.5. The summed E-state index contributed by atoms with van der Waals surface area (Å²) in [6, 6.07) is 13.7. The number of aryl methyl sites for hydroxylation is 1. The number of hydrazine groups is 1. The summed E-state index contributed by atoms with van der Waals surface area (Å²) in [6.07, 6.45) is 0. The molecule has 7 nitrogen and oxygen atoms in total. The van der Waals surface area contributed by atoms with Crippen LogP contribution < -0.4 is 16.0 Å². The standard InChI is InChI=1S/C19H16ClN5O2/c1-11-18(27-16-7-4-13(5-8-16)19(26)23-22)12(2)25(24-11)15-6-3-14(10-21)17(20)9-15/h3-9H,22H2,1-2H3,(H,23,26). The molecular weight excluding hydrogens is 366 g/mol. The molecule has 1 amide bonds. The maximum Gasteiger partial charge on any atom is 0.265 e. The van der Waals surface area contributed by atoms with E-state index in [1.807, 2.05) is 19.9 Å². The molecule has 3 rings (SSSR count). The predicted molar refractivity (Wildman–Crippen MR) is 101 cm³/mol. The third kappa shape index (κ3) is 3.62. The van der Waals surface area contributed by atoms with Crippen LogP contribution in [0.3, 0.4) is 0 Å². The van der Waals surface area contributed by atoms with Crippen molar-refractivity contribution in [1.29, 1.82) is 5.26 Å². The molecule has 0 unspecified atom stereocenters. The summed E-state index contributed by atoms with van der Waals surface area (Å²) >= 11 is 6.12. The van der Waals surface area contributed by atoms with Gasteiger partial charge in [-0.1, -0.05) is 11.6 Å². The monoisotopic (exact) mass is 381 g/mol. The largest absolute Gasteiger partial charge is 0.453 e. The van der Waals surface area contributed by atoms with Gasteiger partial charge in [-0.15, -0.1) is 0 Å². The summed E-state index contributed by atoms with van der Waals surface area (Å²) in [5.41, 5.74) is 5.11. The molecule has 8 heteroatoms. The Bertz CT molecular complexity index is 1050. The molecule has 3 N–H and O–H groups in total. The molecule has 0 spiro atoms. The molecule has 1 aromatic heterocycles. The van der Waals surface area contributed by atoms with Crippen LogP contribution in [-0.4, -0.2) is 15.7 Å². The Kier molecular flexibility index (Phi) is 5.12. The Morgan fingerprint density at radius 2 is 1.96 bits per heavy atom. The third-order valence-electron chi connectivity index (χ3n) is 4.01. The number of nitrogen functional groups attached to an aromatic ring is 1. The van der Waals surface area contributed by atoms with Crippen molar-refractivity contribution >= 4 is 17.5 Å². The zero-order valence-electron chi connectivity index (χ0n) is 14.7. The van der Waals surface area contributed by atoms with Gasteiger partial charge in [0.2, 0.25) is 0 Å². The van der Waals surface area contributed by atoms with Gasteiger partial charge >= 0.3 is 0 Å². The summed E-state index contributed by atoms with van der Waals surface area (Å²) in [4.78, 5) is 11.5. The summed E-state index contributed by atoms with van der Waals surface area (Å²) in [5, 5.41) is 13.9. The molecule has 3 aromatic rings. The van der Waals surface area contributed by atoms with E-state index < -0.39 is 0 Å². The molecule has 2 aromatic carbocycles. The van der Waals surface area contributed by atoms with E-state index in [0.717, 1.165) is 11.4 Å². The van der Waals surface area contributed by atoms with E-state index in [-0.39, 0.29) is 5.91 Å². The second-order valence-electron chi connectivity index (χ2n) is 5.79. The number of hydrogen-bond donors (Lipinski definition) is 2. The van der Waals surface area contributed by atoms with Gasteiger partial charge in [-0.2, -0.15) is 10.4 Å². The molecule has 0 aliphatic heterocycles. The summed E-state index contributed by atoms with van der Waals surface area (Å²) in [6.45, 7) is 3.71. The fraction of sp³-hybridized carbons (Fsp3) is 0.105. The summed E-state index contributed by atoms with van der Waals surface area (Å²) in [5.74, 6) is 5.91. The number of carbonyl (C=O) groups excluding carboxylic acids is 1. The first-order valence-corrected chi connectivity index (χ1v) is 8.37. The number of nitrogens with one attached hydrogen (secondary N) is 1. The van der Waals surface area contributed by atoms with Crippen LogP contribution in [0.15, 0.2) is 42.5 Å². The van der Waals surface area contributed by atoms with Crippen LogP contribution in [0.2, 0.25) is 5.02 Å². The second kappa shape index (κ2) is 7.50. The lowest BCUT2D eigenvalue weighted by atomic mass is 10.2. The number of amides is 1. The van der Waals surface area contributed by atoms with Crippen LogP contribution in [0.1, 0.15) is 27.3 Å². The zero-order valence-corrected chi connectivity index (χ0v) is 15.4. The first-order valence-electron chi connectivity index (χ1n) is 7.99. The number of aromatic nitrogens is 2. The highest BCUT2D eigenvalue weighted by atomic mass is 35.5. The molecule has 0 radical (unpaired) electrons. The number of hydrogen-bond acceptors (Lipinski definition) is 5. The molecule has 136 valence electrons. The zero-order chi connectivity index (χ0) is 19.6. The number of nitrogens with zero attached hydrogens (tertiary/aromatic N) is 3. The van der Waals surface area contributed by atoms with Gasteiger partial charge in [0.1, 0.15) is 17.5 Å². The minimum Gasteiger partial charge on any atom is -0.453 e. The van der Waals surface area contributed by atoms with Crippen molar-refractivity contribution in [2.45, 2.75) is 13.8 Å². The van der Waals surface area contributed by atoms with Gasteiger partial charge in [0.25, 0.3) is 5.91 Å². The smallest absolute Gasteiger partial charge is 0.265 e. The molecule has 0 fully saturated rings. The highest BCUT2D eigenvalue weighted by Gasteiger charge is 2.16. The SMILES string of the molecule is Cc1nn(-c2ccc(C#N)c(Cl)c2)c(C)c1Oc1ccc(C(=O)NN)cc1. The minimum atomic E-state index is -0.376. The molecule has 1 heterocycles. The van der Waals surface area contributed by atoms with Crippen LogP contribution in [0.5, 0.6) is 11.5 Å². The van der Waals surface area contributed by atoms with E-state index in [9.17, 15) is 4.79 Å². The van der Waals surface area contributed by atoms with Gasteiger partial charge in [-0.3, -0.25) is 10.2 Å². The van der Waals surface area contributed by atoms with E-state index in [2.05, 4.69) is 10.5 Å². The lowest BCUT2D eigenvalue weighted by Gasteiger charge is -2.08. The van der Waals surface area contributed by atoms with Crippen LogP contribution in [0, 0.1) is 25.2 Å². The fourth-order valence-corrected chi connectivity index (χ4v) is 2.85. The van der Waals surface area contributed by atoms with Crippen LogP contribution in [0.4, 0.5) is 0 Å². The predicted octanol–water partition coefficient (Wildman–Crippen LogP) is 3.41. The Morgan fingerprint density at radius 3 is 2.56 bits per heavy atom. The van der Waals surface area contributed by atoms with Crippen molar-refractivity contribution in [2.24, 2.45) is 5.84 Å². The lowest BCUT2D eigenvalue weighted by molar-refractivity contribution is 0.0953. The van der Waals surface area contributed by atoms with E-state index in [4.69, 9.17) is 27.4 Å². The van der Waals surface area contributed by atoms with Crippen LogP contribution in [0.25, 0.3) is 5.69 Å². The van der Waals surface area contributed by atoms with E-state index in [1.54, 1.807) is 47.1 Å². The van der Waals surface area contributed by atoms with Crippen molar-refractivity contribution in [3.63, 3.8) is 0 Å². The van der Waals surface area contributed by atoms with Crippen molar-refractivity contribution in [2.75, 3.05) is 0 Å². The number of halogens is 1. The van der Waals surface area contributed by atoms with Crippen molar-refractivity contribution in [3.05, 3.63) is 70.0 Å². The number of nitrogens with two attached hydrogens (primary N) is 1. The topological polar surface area (TPSA) is 106 Å². The average molecular weight is 382 g/mol. The normalized spacial score (nSPS) is 10.3.